The first-order valence-electron chi connectivity index (χ1n) is 6.60. The lowest BCUT2D eigenvalue weighted by molar-refractivity contribution is -0.138. The molecular weight excluding hydrogens is 288 g/mol. The maximum atomic E-state index is 12.6. The van der Waals surface area contributed by atoms with Crippen molar-refractivity contribution in [2.45, 2.75) is 29.1 Å². The number of carboxylic acids is 1. The van der Waals surface area contributed by atoms with Gasteiger partial charge in [0, 0.05) is 6.42 Å². The summed E-state index contributed by atoms with van der Waals surface area (Å²) in [5.41, 5.74) is 2.04. The molecule has 1 aliphatic rings. The number of aliphatic carboxylic acids is 1. The molecule has 2 aromatic rings. The number of sulfone groups is 1. The Morgan fingerprint density at radius 2 is 1.76 bits per heavy atom. The quantitative estimate of drug-likeness (QED) is 0.790. The second kappa shape index (κ2) is 4.70. The molecule has 0 radical (unpaired) electrons. The molecule has 0 bridgehead atoms. The molecule has 0 saturated heterocycles. The molecule has 5 heteroatoms. The molecule has 0 saturated carbocycles. The van der Waals surface area contributed by atoms with Gasteiger partial charge in [0.15, 0.2) is 0 Å². The molecule has 1 heterocycles. The summed E-state index contributed by atoms with van der Waals surface area (Å²) in [6.07, 6.45) is 0.505. The predicted molar refractivity (Wildman–Crippen MR) is 77.2 cm³/mol. The number of fused-ring (bicyclic) bond motifs is 2. The third-order valence-corrected chi connectivity index (χ3v) is 5.84. The van der Waals surface area contributed by atoms with Crippen LogP contribution in [0.15, 0.2) is 52.3 Å². The highest BCUT2D eigenvalue weighted by Crippen LogP contribution is 2.35. The topological polar surface area (TPSA) is 71.4 Å². The molecule has 1 atom stereocenters. The van der Waals surface area contributed by atoms with E-state index in [0.717, 1.165) is 5.56 Å². The van der Waals surface area contributed by atoms with Crippen LogP contribution in [-0.2, 0) is 21.1 Å². The predicted octanol–water partition coefficient (Wildman–Crippen LogP) is 2.61. The third-order valence-electron chi connectivity index (χ3n) is 3.89. The summed E-state index contributed by atoms with van der Waals surface area (Å²) >= 11 is 0. The first-order valence-corrected chi connectivity index (χ1v) is 8.08. The van der Waals surface area contributed by atoms with Crippen LogP contribution < -0.4 is 0 Å². The highest BCUT2D eigenvalue weighted by atomic mass is 32.2. The van der Waals surface area contributed by atoms with Gasteiger partial charge in [0.05, 0.1) is 15.7 Å². The van der Waals surface area contributed by atoms with E-state index in [2.05, 4.69) is 0 Å². The van der Waals surface area contributed by atoms with Gasteiger partial charge in [0.25, 0.3) is 0 Å². The van der Waals surface area contributed by atoms with Gasteiger partial charge in [-0.1, -0.05) is 30.3 Å². The highest BCUT2D eigenvalue weighted by Gasteiger charge is 2.29. The number of carboxylic acid groups (broad SMARTS) is 1. The van der Waals surface area contributed by atoms with Crippen LogP contribution in [0.4, 0.5) is 0 Å². The summed E-state index contributed by atoms with van der Waals surface area (Å²) in [5.74, 6) is -1.58. The van der Waals surface area contributed by atoms with E-state index in [9.17, 15) is 13.2 Å². The lowest BCUT2D eigenvalue weighted by atomic mass is 9.96. The Morgan fingerprint density at radius 1 is 1.10 bits per heavy atom. The molecule has 1 N–H and O–H groups in total. The summed E-state index contributed by atoms with van der Waals surface area (Å²) in [5, 5.41) is 9.08. The largest absolute Gasteiger partial charge is 0.481 e. The minimum absolute atomic E-state index is 0.280. The van der Waals surface area contributed by atoms with Crippen molar-refractivity contribution in [2.24, 2.45) is 0 Å². The third kappa shape index (κ3) is 2.14. The lowest BCUT2D eigenvalue weighted by Crippen LogP contribution is -2.16. The van der Waals surface area contributed by atoms with E-state index in [1.54, 1.807) is 37.3 Å². The maximum Gasteiger partial charge on any atom is 0.310 e. The minimum atomic E-state index is -3.51. The van der Waals surface area contributed by atoms with Gasteiger partial charge in [0.2, 0.25) is 9.84 Å². The number of hydrogen-bond donors (Lipinski definition) is 1. The monoisotopic (exact) mass is 302 g/mol. The fourth-order valence-corrected chi connectivity index (χ4v) is 4.35. The van der Waals surface area contributed by atoms with E-state index < -0.39 is 21.7 Å². The molecule has 2 aromatic carbocycles. The van der Waals surface area contributed by atoms with Crippen LogP contribution in [0.1, 0.15) is 29.5 Å². The van der Waals surface area contributed by atoms with Gasteiger partial charge in [-0.15, -0.1) is 0 Å². The van der Waals surface area contributed by atoms with Gasteiger partial charge in [-0.2, -0.15) is 0 Å². The molecule has 21 heavy (non-hydrogen) atoms. The second-order valence-electron chi connectivity index (χ2n) is 5.22. The normalized spacial score (nSPS) is 16.6. The van der Waals surface area contributed by atoms with Gasteiger partial charge in [0.1, 0.15) is 0 Å². The average molecular weight is 302 g/mol. The smallest absolute Gasteiger partial charge is 0.310 e. The Hall–Kier alpha value is -2.14. The van der Waals surface area contributed by atoms with E-state index >= 15 is 0 Å². The number of hydrogen-bond acceptors (Lipinski definition) is 3. The van der Waals surface area contributed by atoms with Crippen LogP contribution in [0.5, 0.6) is 0 Å². The Kier molecular flexibility index (Phi) is 3.10. The first kappa shape index (κ1) is 13.8. The van der Waals surface area contributed by atoms with Gasteiger partial charge < -0.3 is 5.11 Å². The van der Waals surface area contributed by atoms with Crippen molar-refractivity contribution in [3.05, 3.63) is 59.2 Å². The Balaban J connectivity index is 2.17. The second-order valence-corrected chi connectivity index (χ2v) is 7.10. The molecule has 3 rings (SSSR count). The SMILES string of the molecule is CC(C(=O)O)c1ccc2c(c1)Cc1ccccc1S2(=O)=O. The van der Waals surface area contributed by atoms with Crippen molar-refractivity contribution in [3.8, 4) is 0 Å². The maximum absolute atomic E-state index is 12.6. The van der Waals surface area contributed by atoms with Crippen molar-refractivity contribution in [2.75, 3.05) is 0 Å². The van der Waals surface area contributed by atoms with Crippen molar-refractivity contribution in [1.82, 2.24) is 0 Å². The zero-order valence-corrected chi connectivity index (χ0v) is 12.2. The summed E-state index contributed by atoms with van der Waals surface area (Å²) in [6.45, 7) is 1.59. The van der Waals surface area contributed by atoms with E-state index in [-0.39, 0.29) is 4.90 Å². The lowest BCUT2D eigenvalue weighted by Gasteiger charge is -2.21. The minimum Gasteiger partial charge on any atom is -0.481 e. The molecule has 0 aromatic heterocycles. The summed E-state index contributed by atoms with van der Waals surface area (Å²) in [7, 11) is -3.51. The molecule has 0 spiro atoms. The molecular formula is C16H14O4S. The first-order chi connectivity index (χ1) is 9.91. The van der Waals surface area contributed by atoms with Gasteiger partial charge >= 0.3 is 5.97 Å². The van der Waals surface area contributed by atoms with E-state index in [0.29, 0.717) is 22.4 Å². The summed E-state index contributed by atoms with van der Waals surface area (Å²) in [6, 6.07) is 11.7. The highest BCUT2D eigenvalue weighted by molar-refractivity contribution is 7.91. The Labute approximate surface area is 123 Å². The average Bonchev–Trinajstić information content (AvgIpc) is 2.46. The Morgan fingerprint density at radius 3 is 2.48 bits per heavy atom. The summed E-state index contributed by atoms with van der Waals surface area (Å²) < 4.78 is 25.2. The molecule has 0 amide bonds. The van der Waals surface area contributed by atoms with Gasteiger partial charge in [-0.25, -0.2) is 8.42 Å². The molecule has 0 aliphatic carbocycles. The fraction of sp³-hybridized carbons (Fsp3) is 0.188. The fourth-order valence-electron chi connectivity index (χ4n) is 2.65. The van der Waals surface area contributed by atoms with Crippen LogP contribution in [0, 0.1) is 0 Å². The van der Waals surface area contributed by atoms with Crippen LogP contribution in [0.2, 0.25) is 0 Å². The molecule has 4 nitrogen and oxygen atoms in total. The van der Waals surface area contributed by atoms with Crippen molar-refractivity contribution < 1.29 is 18.3 Å². The van der Waals surface area contributed by atoms with Crippen LogP contribution >= 0.6 is 0 Å². The molecule has 0 fully saturated rings. The number of benzene rings is 2. The van der Waals surface area contributed by atoms with Crippen molar-refractivity contribution in [1.29, 1.82) is 0 Å². The van der Waals surface area contributed by atoms with E-state index in [4.69, 9.17) is 5.11 Å². The molecule has 1 unspecified atom stereocenters. The van der Waals surface area contributed by atoms with Crippen LogP contribution in [0.25, 0.3) is 0 Å². The van der Waals surface area contributed by atoms with Crippen molar-refractivity contribution >= 4 is 15.8 Å². The molecule has 108 valence electrons. The van der Waals surface area contributed by atoms with Crippen LogP contribution in [-0.4, -0.2) is 19.5 Å². The van der Waals surface area contributed by atoms with Crippen LogP contribution in [0.3, 0.4) is 0 Å². The van der Waals surface area contributed by atoms with Gasteiger partial charge in [-0.05, 0) is 35.7 Å². The molecule has 1 aliphatic heterocycles. The van der Waals surface area contributed by atoms with Gasteiger partial charge in [-0.3, -0.25) is 4.79 Å². The Bertz CT molecular complexity index is 837. The summed E-state index contributed by atoms with van der Waals surface area (Å²) in [4.78, 5) is 11.7. The van der Waals surface area contributed by atoms with Crippen molar-refractivity contribution in [3.63, 3.8) is 0 Å². The van der Waals surface area contributed by atoms with E-state index in [1.165, 1.54) is 6.07 Å². The number of rotatable bonds is 2. The zero-order chi connectivity index (χ0) is 15.2. The standard InChI is InChI=1S/C16H14O4S/c1-10(16(17)18)11-6-7-15-13(8-11)9-12-4-2-3-5-14(12)21(15,19)20/h2-8,10H,9H2,1H3,(H,17,18). The van der Waals surface area contributed by atoms with E-state index in [1.807, 2.05) is 6.07 Å². The zero-order valence-electron chi connectivity index (χ0n) is 11.4. The number of carbonyl (C=O) groups is 1.